The number of hydrogen-bond acceptors (Lipinski definition) is 4. The van der Waals surface area contributed by atoms with Crippen molar-refractivity contribution < 1.29 is 0 Å². The molecule has 5 heteroatoms. The number of rotatable bonds is 3. The molecular weight excluding hydrogens is 226 g/mol. The van der Waals surface area contributed by atoms with Gasteiger partial charge in [0, 0.05) is 12.4 Å². The lowest BCUT2D eigenvalue weighted by molar-refractivity contribution is 0.647. The second kappa shape index (κ2) is 4.72. The molecule has 0 spiro atoms. The van der Waals surface area contributed by atoms with Gasteiger partial charge in [-0.2, -0.15) is 5.10 Å². The summed E-state index contributed by atoms with van der Waals surface area (Å²) in [4.78, 5) is 4.25. The average Bonchev–Trinajstić information content (AvgIpc) is 2.78. The van der Waals surface area contributed by atoms with Crippen LogP contribution in [0.15, 0.2) is 36.7 Å². The van der Waals surface area contributed by atoms with Crippen LogP contribution >= 0.6 is 22.5 Å². The summed E-state index contributed by atoms with van der Waals surface area (Å²) in [7, 11) is 1.46. The van der Waals surface area contributed by atoms with Gasteiger partial charge in [-0.1, -0.05) is 16.9 Å². The molecule has 2 rings (SSSR count). The van der Waals surface area contributed by atoms with Crippen molar-refractivity contribution in [3.05, 3.63) is 36.7 Å². The molecule has 0 aromatic carbocycles. The fourth-order valence-corrected chi connectivity index (χ4v) is 1.74. The second-order valence-electron chi connectivity index (χ2n) is 3.10. The van der Waals surface area contributed by atoms with Crippen LogP contribution < -0.4 is 0 Å². The Balaban J connectivity index is 2.28. The van der Waals surface area contributed by atoms with Crippen LogP contribution in [0.3, 0.4) is 0 Å². The van der Waals surface area contributed by atoms with E-state index in [1.54, 1.807) is 6.20 Å². The predicted octanol–water partition coefficient (Wildman–Crippen LogP) is 3.04. The fraction of sp³-hybridized carbons (Fsp3) is 0.200. The molecule has 78 valence electrons. The van der Waals surface area contributed by atoms with Gasteiger partial charge in [-0.05, 0) is 25.1 Å². The standard InChI is InChI=1S/C10H11N3S2/c1-8(15-14)13-7-5-10(12-13)9-4-2-3-6-11-9/h2-8,14H,1H3. The van der Waals surface area contributed by atoms with Crippen molar-refractivity contribution in [2.45, 2.75) is 12.3 Å². The topological polar surface area (TPSA) is 30.7 Å². The van der Waals surface area contributed by atoms with Crippen molar-refractivity contribution in [1.29, 1.82) is 0 Å². The van der Waals surface area contributed by atoms with Crippen LogP contribution in [0.2, 0.25) is 0 Å². The Morgan fingerprint density at radius 1 is 1.33 bits per heavy atom. The van der Waals surface area contributed by atoms with E-state index in [4.69, 9.17) is 0 Å². The van der Waals surface area contributed by atoms with Gasteiger partial charge in [0.05, 0.1) is 5.69 Å². The van der Waals surface area contributed by atoms with E-state index in [1.165, 1.54) is 10.8 Å². The highest BCUT2D eigenvalue weighted by Crippen LogP contribution is 2.25. The van der Waals surface area contributed by atoms with E-state index < -0.39 is 0 Å². The Morgan fingerprint density at radius 3 is 2.87 bits per heavy atom. The van der Waals surface area contributed by atoms with E-state index in [0.717, 1.165) is 11.4 Å². The molecule has 0 fully saturated rings. The summed E-state index contributed by atoms with van der Waals surface area (Å²) in [6, 6.07) is 7.76. The molecule has 1 atom stereocenters. The minimum Gasteiger partial charge on any atom is -0.258 e. The van der Waals surface area contributed by atoms with Crippen molar-refractivity contribution in [2.24, 2.45) is 0 Å². The van der Waals surface area contributed by atoms with Crippen molar-refractivity contribution in [3.63, 3.8) is 0 Å². The molecule has 0 aliphatic heterocycles. The van der Waals surface area contributed by atoms with E-state index in [1.807, 2.05) is 42.1 Å². The Hall–Kier alpha value is -0.940. The number of thiol groups is 1. The highest BCUT2D eigenvalue weighted by atomic mass is 33.1. The van der Waals surface area contributed by atoms with Gasteiger partial charge in [-0.3, -0.25) is 9.67 Å². The zero-order valence-corrected chi connectivity index (χ0v) is 9.95. The Bertz CT molecular complexity index is 427. The molecule has 0 N–H and O–H groups in total. The Morgan fingerprint density at radius 2 is 2.20 bits per heavy atom. The predicted molar refractivity (Wildman–Crippen MR) is 66.7 cm³/mol. The normalized spacial score (nSPS) is 12.7. The molecule has 0 saturated heterocycles. The van der Waals surface area contributed by atoms with Crippen molar-refractivity contribution in [1.82, 2.24) is 14.8 Å². The molecule has 0 bridgehead atoms. The number of aromatic nitrogens is 3. The summed E-state index contributed by atoms with van der Waals surface area (Å²) in [5.74, 6) is 0. The lowest BCUT2D eigenvalue weighted by Gasteiger charge is -2.06. The number of pyridine rings is 1. The Labute approximate surface area is 97.7 Å². The van der Waals surface area contributed by atoms with Gasteiger partial charge >= 0.3 is 0 Å². The van der Waals surface area contributed by atoms with Gasteiger partial charge < -0.3 is 0 Å². The molecule has 0 aliphatic rings. The van der Waals surface area contributed by atoms with E-state index in [2.05, 4.69) is 21.7 Å². The van der Waals surface area contributed by atoms with Crippen LogP contribution in [0.5, 0.6) is 0 Å². The molecule has 0 aliphatic carbocycles. The molecule has 1 unspecified atom stereocenters. The first-order valence-electron chi connectivity index (χ1n) is 4.58. The maximum atomic E-state index is 4.44. The molecule has 2 aromatic rings. The van der Waals surface area contributed by atoms with Crippen LogP contribution in [-0.4, -0.2) is 14.8 Å². The largest absolute Gasteiger partial charge is 0.258 e. The Kier molecular flexibility index (Phi) is 3.33. The lowest BCUT2D eigenvalue weighted by Crippen LogP contribution is -2.00. The molecule has 0 amide bonds. The van der Waals surface area contributed by atoms with Crippen molar-refractivity contribution in [2.75, 3.05) is 0 Å². The minimum atomic E-state index is 0.228. The van der Waals surface area contributed by atoms with Gasteiger partial charge in [-0.25, -0.2) is 0 Å². The molecule has 0 radical (unpaired) electrons. The van der Waals surface area contributed by atoms with Gasteiger partial charge in [-0.15, -0.1) is 11.7 Å². The molecule has 2 aromatic heterocycles. The van der Waals surface area contributed by atoms with Crippen LogP contribution in [-0.2, 0) is 0 Å². The third-order valence-corrected chi connectivity index (χ3v) is 3.50. The zero-order chi connectivity index (χ0) is 10.7. The summed E-state index contributed by atoms with van der Waals surface area (Å²) in [5.41, 5.74) is 1.79. The molecule has 0 saturated carbocycles. The van der Waals surface area contributed by atoms with Gasteiger partial charge in [0.2, 0.25) is 0 Å². The summed E-state index contributed by atoms with van der Waals surface area (Å²) < 4.78 is 1.88. The molecule has 15 heavy (non-hydrogen) atoms. The first kappa shape index (κ1) is 10.6. The number of nitrogens with zero attached hydrogens (tertiary/aromatic N) is 3. The summed E-state index contributed by atoms with van der Waals surface area (Å²) in [6.07, 6.45) is 3.71. The fourth-order valence-electron chi connectivity index (χ4n) is 1.24. The van der Waals surface area contributed by atoms with Gasteiger partial charge in [0.1, 0.15) is 11.1 Å². The third-order valence-electron chi connectivity index (χ3n) is 2.06. The summed E-state index contributed by atoms with van der Waals surface area (Å²) in [6.45, 7) is 2.05. The van der Waals surface area contributed by atoms with Crippen molar-refractivity contribution in [3.8, 4) is 11.4 Å². The second-order valence-corrected chi connectivity index (χ2v) is 4.63. The van der Waals surface area contributed by atoms with Crippen LogP contribution in [0.1, 0.15) is 12.3 Å². The molecule has 3 nitrogen and oxygen atoms in total. The highest BCUT2D eigenvalue weighted by molar-refractivity contribution is 8.68. The maximum absolute atomic E-state index is 4.44. The minimum absolute atomic E-state index is 0.228. The summed E-state index contributed by atoms with van der Waals surface area (Å²) in [5, 5.41) is 4.66. The first-order chi connectivity index (χ1) is 7.31. The molecular formula is C10H11N3S2. The average molecular weight is 237 g/mol. The lowest BCUT2D eigenvalue weighted by atomic mass is 10.3. The first-order valence-corrected chi connectivity index (χ1v) is 6.51. The van der Waals surface area contributed by atoms with E-state index in [0.29, 0.717) is 0 Å². The SMILES string of the molecule is CC(SS)n1ccc(-c2ccccn2)n1. The molecule has 2 heterocycles. The highest BCUT2D eigenvalue weighted by Gasteiger charge is 2.07. The number of hydrogen-bond donors (Lipinski definition) is 1. The van der Waals surface area contributed by atoms with E-state index in [-0.39, 0.29) is 5.37 Å². The smallest absolute Gasteiger partial charge is 0.111 e. The zero-order valence-electron chi connectivity index (χ0n) is 8.24. The quantitative estimate of drug-likeness (QED) is 0.657. The van der Waals surface area contributed by atoms with Crippen LogP contribution in [0, 0.1) is 0 Å². The van der Waals surface area contributed by atoms with E-state index in [9.17, 15) is 0 Å². The van der Waals surface area contributed by atoms with Crippen molar-refractivity contribution >= 4 is 22.5 Å². The van der Waals surface area contributed by atoms with E-state index >= 15 is 0 Å². The van der Waals surface area contributed by atoms with Gasteiger partial charge in [0.25, 0.3) is 0 Å². The monoisotopic (exact) mass is 237 g/mol. The van der Waals surface area contributed by atoms with Crippen LogP contribution in [0.25, 0.3) is 11.4 Å². The van der Waals surface area contributed by atoms with Gasteiger partial charge in [0.15, 0.2) is 0 Å². The third kappa shape index (κ3) is 2.35. The van der Waals surface area contributed by atoms with Crippen LogP contribution in [0.4, 0.5) is 0 Å². The summed E-state index contributed by atoms with van der Waals surface area (Å²) >= 11 is 4.16. The maximum Gasteiger partial charge on any atom is 0.111 e.